The third kappa shape index (κ3) is 2.03. The van der Waals surface area contributed by atoms with E-state index in [1.54, 1.807) is 7.11 Å². The maximum Gasteiger partial charge on any atom is 0.262 e. The minimum atomic E-state index is -0.589. The zero-order valence-corrected chi connectivity index (χ0v) is 11.0. The number of anilines is 1. The van der Waals surface area contributed by atoms with Gasteiger partial charge < -0.3 is 15.0 Å². The number of hydrogen-bond donors (Lipinski definition) is 1. The van der Waals surface area contributed by atoms with E-state index >= 15 is 0 Å². The first kappa shape index (κ1) is 12.0. The number of rotatable bonds is 3. The van der Waals surface area contributed by atoms with Gasteiger partial charge in [0.25, 0.3) is 5.89 Å². The van der Waals surface area contributed by atoms with Crippen molar-refractivity contribution in [3.8, 4) is 11.5 Å². The fourth-order valence-electron chi connectivity index (χ4n) is 1.31. The van der Waals surface area contributed by atoms with Crippen molar-refractivity contribution < 1.29 is 9.26 Å². The Balaban J connectivity index is 2.44. The molecule has 0 saturated heterocycles. The van der Waals surface area contributed by atoms with Crippen molar-refractivity contribution in [3.63, 3.8) is 0 Å². The van der Waals surface area contributed by atoms with Gasteiger partial charge in [-0.3, -0.25) is 0 Å². The SMILES string of the molecule is COC(C)(C)c1noc(-c2c(C)nsc2N)n1. The van der Waals surface area contributed by atoms with E-state index in [0.717, 1.165) is 5.69 Å². The van der Waals surface area contributed by atoms with Crippen LogP contribution in [0.4, 0.5) is 5.00 Å². The van der Waals surface area contributed by atoms with Crippen LogP contribution in [0.25, 0.3) is 11.5 Å². The molecule has 0 bridgehead atoms. The average Bonchev–Trinajstić information content (AvgIpc) is 2.86. The highest BCUT2D eigenvalue weighted by Gasteiger charge is 2.27. The van der Waals surface area contributed by atoms with E-state index in [0.29, 0.717) is 22.3 Å². The van der Waals surface area contributed by atoms with Crippen LogP contribution in [0.15, 0.2) is 4.52 Å². The van der Waals surface area contributed by atoms with Gasteiger partial charge in [0.05, 0.1) is 11.3 Å². The zero-order valence-electron chi connectivity index (χ0n) is 10.1. The minimum absolute atomic E-state index is 0.383. The molecular formula is C10H14N4O2S. The molecular weight excluding hydrogens is 240 g/mol. The molecule has 2 aromatic heterocycles. The fourth-order valence-corrected chi connectivity index (χ4v) is 1.96. The summed E-state index contributed by atoms with van der Waals surface area (Å²) in [7, 11) is 1.60. The van der Waals surface area contributed by atoms with Crippen molar-refractivity contribution in [3.05, 3.63) is 11.5 Å². The number of aryl methyl sites for hydroxylation is 1. The summed E-state index contributed by atoms with van der Waals surface area (Å²) in [5.74, 6) is 0.869. The molecule has 0 saturated carbocycles. The highest BCUT2D eigenvalue weighted by atomic mass is 32.1. The molecule has 0 fully saturated rings. The van der Waals surface area contributed by atoms with Gasteiger partial charge in [0.15, 0.2) is 0 Å². The van der Waals surface area contributed by atoms with E-state index < -0.39 is 5.60 Å². The van der Waals surface area contributed by atoms with Crippen LogP contribution in [0.5, 0.6) is 0 Å². The molecule has 0 aromatic carbocycles. The quantitative estimate of drug-likeness (QED) is 0.901. The molecule has 0 aliphatic rings. The standard InChI is InChI=1S/C10H14N4O2S/c1-5-6(7(11)17-14-5)8-12-9(13-16-8)10(2,3)15-4/h11H2,1-4H3. The van der Waals surface area contributed by atoms with E-state index in [1.165, 1.54) is 11.5 Å². The second-order valence-corrected chi connectivity index (χ2v) is 4.95. The summed E-state index contributed by atoms with van der Waals surface area (Å²) >= 11 is 1.22. The summed E-state index contributed by atoms with van der Waals surface area (Å²) in [6.07, 6.45) is 0. The molecule has 0 unspecified atom stereocenters. The van der Waals surface area contributed by atoms with Crippen molar-refractivity contribution in [2.75, 3.05) is 12.8 Å². The number of nitrogens with zero attached hydrogens (tertiary/aromatic N) is 3. The zero-order chi connectivity index (χ0) is 12.6. The number of nitrogens with two attached hydrogens (primary N) is 1. The number of ether oxygens (including phenoxy) is 1. The van der Waals surface area contributed by atoms with Crippen LogP contribution in [0.2, 0.25) is 0 Å². The fraction of sp³-hybridized carbons (Fsp3) is 0.500. The first-order chi connectivity index (χ1) is 7.95. The van der Waals surface area contributed by atoms with Gasteiger partial charge in [-0.25, -0.2) is 0 Å². The second kappa shape index (κ2) is 4.08. The molecule has 2 N–H and O–H groups in total. The van der Waals surface area contributed by atoms with Gasteiger partial charge in [-0.2, -0.15) is 9.36 Å². The smallest absolute Gasteiger partial charge is 0.262 e. The summed E-state index contributed by atoms with van der Waals surface area (Å²) in [4.78, 5) is 4.30. The number of hydrogen-bond acceptors (Lipinski definition) is 7. The number of methoxy groups -OCH3 is 1. The van der Waals surface area contributed by atoms with Gasteiger partial charge in [-0.1, -0.05) is 5.16 Å². The lowest BCUT2D eigenvalue weighted by molar-refractivity contribution is 0.00973. The minimum Gasteiger partial charge on any atom is -0.389 e. The van der Waals surface area contributed by atoms with Gasteiger partial charge >= 0.3 is 0 Å². The summed E-state index contributed by atoms with van der Waals surface area (Å²) in [6, 6.07) is 0. The Bertz CT molecular complexity index is 513. The van der Waals surface area contributed by atoms with Crippen molar-refractivity contribution in [1.29, 1.82) is 0 Å². The Labute approximate surface area is 103 Å². The van der Waals surface area contributed by atoms with Crippen LogP contribution < -0.4 is 5.73 Å². The number of aromatic nitrogens is 3. The van der Waals surface area contributed by atoms with Crippen LogP contribution in [-0.4, -0.2) is 21.6 Å². The normalized spacial score (nSPS) is 12.0. The van der Waals surface area contributed by atoms with Crippen molar-refractivity contribution in [2.45, 2.75) is 26.4 Å². The average molecular weight is 254 g/mol. The van der Waals surface area contributed by atoms with Gasteiger partial charge in [-0.15, -0.1) is 0 Å². The van der Waals surface area contributed by atoms with E-state index in [9.17, 15) is 0 Å². The Morgan fingerprint density at radius 1 is 1.41 bits per heavy atom. The summed E-state index contributed by atoms with van der Waals surface area (Å²) in [6.45, 7) is 5.58. The first-order valence-electron chi connectivity index (χ1n) is 5.07. The largest absolute Gasteiger partial charge is 0.389 e. The maximum atomic E-state index is 5.82. The Morgan fingerprint density at radius 3 is 2.65 bits per heavy atom. The molecule has 7 heteroatoms. The van der Waals surface area contributed by atoms with Crippen LogP contribution in [-0.2, 0) is 10.3 Å². The molecule has 2 aromatic rings. The summed E-state index contributed by atoms with van der Waals surface area (Å²) in [5.41, 5.74) is 6.73. The van der Waals surface area contributed by atoms with Crippen LogP contribution in [0, 0.1) is 6.92 Å². The Hall–Kier alpha value is -1.47. The third-order valence-corrected chi connectivity index (χ3v) is 3.34. The molecule has 0 radical (unpaired) electrons. The summed E-state index contributed by atoms with van der Waals surface area (Å²) < 4.78 is 14.6. The van der Waals surface area contributed by atoms with Crippen molar-refractivity contribution in [2.24, 2.45) is 0 Å². The van der Waals surface area contributed by atoms with E-state index in [1.807, 2.05) is 20.8 Å². The van der Waals surface area contributed by atoms with Gasteiger partial charge in [-0.05, 0) is 32.3 Å². The predicted octanol–water partition coefficient (Wildman–Crippen LogP) is 1.97. The van der Waals surface area contributed by atoms with Gasteiger partial charge in [0.2, 0.25) is 5.82 Å². The molecule has 6 nitrogen and oxygen atoms in total. The molecule has 17 heavy (non-hydrogen) atoms. The lowest BCUT2D eigenvalue weighted by Gasteiger charge is -2.17. The van der Waals surface area contributed by atoms with Gasteiger partial charge in [0.1, 0.15) is 10.6 Å². The second-order valence-electron chi connectivity index (χ2n) is 4.14. The molecule has 0 aliphatic heterocycles. The van der Waals surface area contributed by atoms with Crippen LogP contribution in [0.3, 0.4) is 0 Å². The highest BCUT2D eigenvalue weighted by molar-refractivity contribution is 7.10. The van der Waals surface area contributed by atoms with E-state index in [4.69, 9.17) is 15.0 Å². The lowest BCUT2D eigenvalue weighted by atomic mass is 10.1. The van der Waals surface area contributed by atoms with Crippen molar-refractivity contribution in [1.82, 2.24) is 14.5 Å². The van der Waals surface area contributed by atoms with Crippen LogP contribution >= 0.6 is 11.5 Å². The molecule has 2 heterocycles. The molecule has 0 aliphatic carbocycles. The molecule has 0 spiro atoms. The third-order valence-electron chi connectivity index (χ3n) is 2.58. The van der Waals surface area contributed by atoms with Gasteiger partial charge in [0, 0.05) is 7.11 Å². The van der Waals surface area contributed by atoms with Crippen molar-refractivity contribution >= 4 is 16.5 Å². The Kier molecular flexibility index (Phi) is 2.88. The molecule has 0 amide bonds. The predicted molar refractivity (Wildman–Crippen MR) is 64.6 cm³/mol. The van der Waals surface area contributed by atoms with Crippen LogP contribution in [0.1, 0.15) is 25.4 Å². The Morgan fingerprint density at radius 2 is 2.12 bits per heavy atom. The maximum absolute atomic E-state index is 5.82. The summed E-state index contributed by atoms with van der Waals surface area (Å²) in [5, 5.41) is 4.48. The monoisotopic (exact) mass is 254 g/mol. The first-order valence-corrected chi connectivity index (χ1v) is 5.84. The topological polar surface area (TPSA) is 87.1 Å². The molecule has 2 rings (SSSR count). The van der Waals surface area contributed by atoms with E-state index in [2.05, 4.69) is 14.5 Å². The molecule has 0 atom stereocenters. The number of nitrogen functional groups attached to an aromatic ring is 1. The van der Waals surface area contributed by atoms with E-state index in [-0.39, 0.29) is 0 Å². The lowest BCUT2D eigenvalue weighted by Crippen LogP contribution is -2.21. The highest BCUT2D eigenvalue weighted by Crippen LogP contribution is 2.32. The molecule has 92 valence electrons.